The van der Waals surface area contributed by atoms with Gasteiger partial charge < -0.3 is 11.1 Å². The van der Waals surface area contributed by atoms with E-state index in [-0.39, 0.29) is 0 Å². The van der Waals surface area contributed by atoms with Crippen LogP contribution in [0.3, 0.4) is 0 Å². The molecule has 1 heterocycles. The first-order valence-corrected chi connectivity index (χ1v) is 5.70. The van der Waals surface area contributed by atoms with Gasteiger partial charge in [-0.25, -0.2) is 0 Å². The predicted molar refractivity (Wildman–Crippen MR) is 62.6 cm³/mol. The summed E-state index contributed by atoms with van der Waals surface area (Å²) in [6, 6.07) is 0. The third kappa shape index (κ3) is 4.01. The number of nitrogens with zero attached hydrogens (tertiary/aromatic N) is 2. The Hall–Kier alpha value is -0.870. The van der Waals surface area contributed by atoms with Crippen molar-refractivity contribution in [1.29, 1.82) is 0 Å². The number of nitrogens with one attached hydrogen (secondary N) is 1. The SMILES string of the molecule is CCc1nn(C)cc1CNCCCCN. The van der Waals surface area contributed by atoms with Gasteiger partial charge in [-0.15, -0.1) is 0 Å². The molecule has 0 amide bonds. The van der Waals surface area contributed by atoms with Gasteiger partial charge in [-0.3, -0.25) is 4.68 Å². The lowest BCUT2D eigenvalue weighted by Crippen LogP contribution is -2.16. The first-order chi connectivity index (χ1) is 7.27. The van der Waals surface area contributed by atoms with Gasteiger partial charge in [0.2, 0.25) is 0 Å². The van der Waals surface area contributed by atoms with Crippen molar-refractivity contribution >= 4 is 0 Å². The molecular weight excluding hydrogens is 188 g/mol. The summed E-state index contributed by atoms with van der Waals surface area (Å²) in [6.07, 6.45) is 5.34. The van der Waals surface area contributed by atoms with Crippen LogP contribution in [0.25, 0.3) is 0 Å². The minimum Gasteiger partial charge on any atom is -0.330 e. The Labute approximate surface area is 91.8 Å². The molecule has 0 aromatic carbocycles. The molecule has 1 aromatic rings. The molecule has 0 unspecified atom stereocenters. The van der Waals surface area contributed by atoms with E-state index in [2.05, 4.69) is 23.5 Å². The molecule has 0 spiro atoms. The van der Waals surface area contributed by atoms with E-state index in [1.165, 1.54) is 11.3 Å². The summed E-state index contributed by atoms with van der Waals surface area (Å²) in [4.78, 5) is 0. The zero-order valence-corrected chi connectivity index (χ0v) is 9.79. The van der Waals surface area contributed by atoms with Crippen molar-refractivity contribution < 1.29 is 0 Å². The van der Waals surface area contributed by atoms with Gasteiger partial charge in [0.05, 0.1) is 5.69 Å². The fourth-order valence-electron chi connectivity index (χ4n) is 1.65. The molecule has 4 heteroatoms. The smallest absolute Gasteiger partial charge is 0.0666 e. The zero-order chi connectivity index (χ0) is 11.1. The summed E-state index contributed by atoms with van der Waals surface area (Å²) in [5.41, 5.74) is 7.94. The van der Waals surface area contributed by atoms with Crippen molar-refractivity contribution in [2.75, 3.05) is 13.1 Å². The van der Waals surface area contributed by atoms with E-state index in [4.69, 9.17) is 5.73 Å². The van der Waals surface area contributed by atoms with Crippen molar-refractivity contribution in [3.05, 3.63) is 17.5 Å². The Balaban J connectivity index is 2.30. The molecule has 0 saturated heterocycles. The van der Waals surface area contributed by atoms with Crippen LogP contribution >= 0.6 is 0 Å². The summed E-state index contributed by atoms with van der Waals surface area (Å²) in [7, 11) is 1.97. The lowest BCUT2D eigenvalue weighted by Gasteiger charge is -2.03. The van der Waals surface area contributed by atoms with Crippen LogP contribution in [0.15, 0.2) is 6.20 Å². The molecule has 0 atom stereocenters. The first kappa shape index (κ1) is 12.2. The Bertz CT molecular complexity index is 280. The molecule has 1 aromatic heterocycles. The largest absolute Gasteiger partial charge is 0.330 e. The highest BCUT2D eigenvalue weighted by Gasteiger charge is 2.04. The summed E-state index contributed by atoms with van der Waals surface area (Å²) >= 11 is 0. The standard InChI is InChI=1S/C11H22N4/c1-3-11-10(9-15(2)14-11)8-13-7-5-4-6-12/h9,13H,3-8,12H2,1-2H3. The lowest BCUT2D eigenvalue weighted by molar-refractivity contribution is 0.625. The number of nitrogens with two attached hydrogens (primary N) is 1. The van der Waals surface area contributed by atoms with Crippen molar-refractivity contribution in [2.24, 2.45) is 12.8 Å². The highest BCUT2D eigenvalue weighted by Crippen LogP contribution is 2.06. The topological polar surface area (TPSA) is 55.9 Å². The van der Waals surface area contributed by atoms with Crippen LogP contribution in [0.1, 0.15) is 31.0 Å². The monoisotopic (exact) mass is 210 g/mol. The molecule has 0 bridgehead atoms. The third-order valence-electron chi connectivity index (χ3n) is 2.45. The third-order valence-corrected chi connectivity index (χ3v) is 2.45. The normalized spacial score (nSPS) is 10.9. The second kappa shape index (κ2) is 6.58. The summed E-state index contributed by atoms with van der Waals surface area (Å²) in [5.74, 6) is 0. The Morgan fingerprint density at radius 2 is 2.27 bits per heavy atom. The summed E-state index contributed by atoms with van der Waals surface area (Å²) in [6.45, 7) is 4.88. The minimum absolute atomic E-state index is 0.786. The molecule has 0 radical (unpaired) electrons. The number of hydrogen-bond donors (Lipinski definition) is 2. The maximum absolute atomic E-state index is 5.43. The van der Waals surface area contributed by atoms with E-state index in [9.17, 15) is 0 Å². The van der Waals surface area contributed by atoms with Crippen LogP contribution in [-0.4, -0.2) is 22.9 Å². The Morgan fingerprint density at radius 1 is 1.47 bits per heavy atom. The van der Waals surface area contributed by atoms with E-state index in [1.54, 1.807) is 0 Å². The van der Waals surface area contributed by atoms with E-state index in [0.717, 1.165) is 38.9 Å². The molecule has 86 valence electrons. The van der Waals surface area contributed by atoms with E-state index < -0.39 is 0 Å². The van der Waals surface area contributed by atoms with E-state index in [0.29, 0.717) is 0 Å². The number of hydrogen-bond acceptors (Lipinski definition) is 3. The number of rotatable bonds is 7. The molecule has 0 aliphatic carbocycles. The molecule has 0 saturated carbocycles. The first-order valence-electron chi connectivity index (χ1n) is 5.70. The molecule has 0 aliphatic heterocycles. The number of aryl methyl sites for hydroxylation is 2. The van der Waals surface area contributed by atoms with Gasteiger partial charge in [0.1, 0.15) is 0 Å². The lowest BCUT2D eigenvalue weighted by atomic mass is 10.2. The van der Waals surface area contributed by atoms with Gasteiger partial charge in [0.15, 0.2) is 0 Å². The minimum atomic E-state index is 0.786. The molecular formula is C11H22N4. The average molecular weight is 210 g/mol. The number of unbranched alkanes of at least 4 members (excludes halogenated alkanes) is 1. The van der Waals surface area contributed by atoms with Crippen molar-refractivity contribution in [3.8, 4) is 0 Å². The van der Waals surface area contributed by atoms with Crippen LogP contribution in [0.4, 0.5) is 0 Å². The van der Waals surface area contributed by atoms with Gasteiger partial charge in [0, 0.05) is 25.4 Å². The Kier molecular flexibility index (Phi) is 5.36. The predicted octanol–water partition coefficient (Wildman–Crippen LogP) is 0.811. The quantitative estimate of drug-likeness (QED) is 0.655. The fraction of sp³-hybridized carbons (Fsp3) is 0.727. The van der Waals surface area contributed by atoms with Crippen LogP contribution in [0.5, 0.6) is 0 Å². The highest BCUT2D eigenvalue weighted by molar-refractivity contribution is 5.16. The Morgan fingerprint density at radius 3 is 2.93 bits per heavy atom. The second-order valence-electron chi connectivity index (χ2n) is 3.80. The maximum atomic E-state index is 5.43. The summed E-state index contributed by atoms with van der Waals surface area (Å²) in [5, 5.41) is 7.82. The second-order valence-corrected chi connectivity index (χ2v) is 3.80. The molecule has 0 fully saturated rings. The molecule has 0 aliphatic rings. The molecule has 3 N–H and O–H groups in total. The van der Waals surface area contributed by atoms with E-state index >= 15 is 0 Å². The van der Waals surface area contributed by atoms with E-state index in [1.807, 2.05) is 11.7 Å². The van der Waals surface area contributed by atoms with Crippen LogP contribution < -0.4 is 11.1 Å². The zero-order valence-electron chi connectivity index (χ0n) is 9.79. The fourth-order valence-corrected chi connectivity index (χ4v) is 1.65. The highest BCUT2D eigenvalue weighted by atomic mass is 15.3. The van der Waals surface area contributed by atoms with Crippen molar-refractivity contribution in [3.63, 3.8) is 0 Å². The van der Waals surface area contributed by atoms with Gasteiger partial charge in [-0.1, -0.05) is 6.92 Å². The van der Waals surface area contributed by atoms with Crippen molar-refractivity contribution in [2.45, 2.75) is 32.7 Å². The van der Waals surface area contributed by atoms with Crippen LogP contribution in [-0.2, 0) is 20.0 Å². The average Bonchev–Trinajstić information content (AvgIpc) is 2.59. The van der Waals surface area contributed by atoms with Gasteiger partial charge in [0.25, 0.3) is 0 Å². The van der Waals surface area contributed by atoms with Gasteiger partial charge in [-0.05, 0) is 32.4 Å². The van der Waals surface area contributed by atoms with Gasteiger partial charge >= 0.3 is 0 Å². The van der Waals surface area contributed by atoms with Gasteiger partial charge in [-0.2, -0.15) is 5.10 Å². The van der Waals surface area contributed by atoms with Crippen LogP contribution in [0, 0.1) is 0 Å². The summed E-state index contributed by atoms with van der Waals surface area (Å²) < 4.78 is 1.88. The molecule has 1 rings (SSSR count). The van der Waals surface area contributed by atoms with Crippen LogP contribution in [0.2, 0.25) is 0 Å². The number of aromatic nitrogens is 2. The van der Waals surface area contributed by atoms with Crippen molar-refractivity contribution in [1.82, 2.24) is 15.1 Å². The molecule has 15 heavy (non-hydrogen) atoms. The maximum Gasteiger partial charge on any atom is 0.0666 e. The molecule has 4 nitrogen and oxygen atoms in total.